The monoisotopic (exact) mass is 721 g/mol. The standard InChI is InChI=1S/C39H39N5O9/c1-19-20(2)35(47)39(3)25(34(19)46)15-28-24(33(39)22-13-21-14-23(45)7-8-30(21)53-18-22)9-12-43-37(49)42(38(50)44(28)43)11-10-26-36(48)41(4)29-17-32(52-6)31(51-5)16-27(29)40-26/h7-9,14,16-18,25,28,33,45H,10-13,15H2,1-6H3/t25-,28+,33-,39+/m0/s1. The fourth-order valence-electron chi connectivity index (χ4n) is 9.00. The number of benzene rings is 2. The second-order valence-corrected chi connectivity index (χ2v) is 14.5. The number of hydrogen-bond donors (Lipinski definition) is 1. The number of phenols is 1. The van der Waals surface area contributed by atoms with Gasteiger partial charge in [-0.05, 0) is 60.8 Å². The maximum absolute atomic E-state index is 14.3. The van der Waals surface area contributed by atoms with E-state index in [2.05, 4.69) is 4.98 Å². The van der Waals surface area contributed by atoms with Crippen LogP contribution in [0.5, 0.6) is 23.0 Å². The Bertz CT molecular complexity index is 2580. The zero-order valence-electron chi connectivity index (χ0n) is 30.3. The van der Waals surface area contributed by atoms with Crippen molar-refractivity contribution in [3.8, 4) is 23.0 Å². The fourth-order valence-corrected chi connectivity index (χ4v) is 9.00. The summed E-state index contributed by atoms with van der Waals surface area (Å²) in [6.45, 7) is 5.11. The highest BCUT2D eigenvalue weighted by Crippen LogP contribution is 2.59. The van der Waals surface area contributed by atoms with E-state index in [0.29, 0.717) is 45.8 Å². The number of methoxy groups -OCH3 is 2. The van der Waals surface area contributed by atoms with Crippen molar-refractivity contribution in [2.75, 3.05) is 14.2 Å². The number of carbonyl (C=O) groups excluding carboxylic acids is 2. The molecular weight excluding hydrogens is 682 g/mol. The van der Waals surface area contributed by atoms with Crippen LogP contribution in [0.25, 0.3) is 11.0 Å². The highest BCUT2D eigenvalue weighted by atomic mass is 16.5. The molecule has 14 heteroatoms. The third-order valence-electron chi connectivity index (χ3n) is 11.9. The first-order valence-electron chi connectivity index (χ1n) is 17.5. The molecule has 0 bridgehead atoms. The van der Waals surface area contributed by atoms with Crippen molar-refractivity contribution >= 4 is 22.6 Å². The molecule has 4 aromatic rings. The van der Waals surface area contributed by atoms with E-state index in [1.165, 1.54) is 34.2 Å². The summed E-state index contributed by atoms with van der Waals surface area (Å²) in [7, 11) is 4.62. The molecule has 4 aliphatic rings. The summed E-state index contributed by atoms with van der Waals surface area (Å²) in [6, 6.07) is 7.45. The van der Waals surface area contributed by atoms with Gasteiger partial charge in [-0.15, -0.1) is 0 Å². The van der Waals surface area contributed by atoms with Gasteiger partial charge in [0.25, 0.3) is 5.56 Å². The molecule has 4 atom stereocenters. The Morgan fingerprint density at radius 3 is 2.47 bits per heavy atom. The summed E-state index contributed by atoms with van der Waals surface area (Å²) >= 11 is 0. The van der Waals surface area contributed by atoms with E-state index in [1.807, 2.05) is 13.0 Å². The van der Waals surface area contributed by atoms with Gasteiger partial charge in [0, 0.05) is 56.0 Å². The minimum absolute atomic E-state index is 0.00285. The Morgan fingerprint density at radius 2 is 1.74 bits per heavy atom. The number of ketones is 2. The van der Waals surface area contributed by atoms with E-state index < -0.39 is 34.7 Å². The van der Waals surface area contributed by atoms with Gasteiger partial charge >= 0.3 is 11.4 Å². The summed E-state index contributed by atoms with van der Waals surface area (Å²) in [5.74, 6) is -0.192. The molecule has 1 fully saturated rings. The first-order valence-corrected chi connectivity index (χ1v) is 17.5. The number of ether oxygens (including phenoxy) is 3. The van der Waals surface area contributed by atoms with E-state index in [-0.39, 0.29) is 54.5 Å². The summed E-state index contributed by atoms with van der Waals surface area (Å²) in [4.78, 5) is 74.7. The Kier molecular flexibility index (Phi) is 7.78. The zero-order chi connectivity index (χ0) is 37.7. The number of phenolic OH excluding ortho intramolecular Hbond substituents is 1. The van der Waals surface area contributed by atoms with Crippen LogP contribution in [0.4, 0.5) is 0 Å². The van der Waals surface area contributed by atoms with Crippen LogP contribution in [0, 0.1) is 17.3 Å². The number of rotatable bonds is 6. The number of allylic oxidation sites excluding steroid dienone is 5. The molecule has 1 saturated carbocycles. The van der Waals surface area contributed by atoms with Gasteiger partial charge in [-0.2, -0.15) is 0 Å². The number of carbonyl (C=O) groups is 2. The molecule has 1 N–H and O–H groups in total. The van der Waals surface area contributed by atoms with Crippen LogP contribution in [-0.4, -0.2) is 54.4 Å². The quantitative estimate of drug-likeness (QED) is 0.293. The lowest BCUT2D eigenvalue weighted by atomic mass is 9.49. The van der Waals surface area contributed by atoms with Gasteiger partial charge in [-0.25, -0.2) is 28.5 Å². The molecule has 2 aliphatic heterocycles. The van der Waals surface area contributed by atoms with Crippen molar-refractivity contribution in [1.29, 1.82) is 0 Å². The van der Waals surface area contributed by atoms with Crippen molar-refractivity contribution in [3.63, 3.8) is 0 Å². The molecule has 14 nitrogen and oxygen atoms in total. The first-order chi connectivity index (χ1) is 25.3. The van der Waals surface area contributed by atoms with Crippen LogP contribution in [0.2, 0.25) is 0 Å². The third-order valence-corrected chi connectivity index (χ3v) is 11.9. The van der Waals surface area contributed by atoms with E-state index in [0.717, 1.165) is 21.3 Å². The highest BCUT2D eigenvalue weighted by Gasteiger charge is 2.61. The lowest BCUT2D eigenvalue weighted by Gasteiger charge is -2.53. The fraction of sp³-hybridized carbons (Fsp3) is 0.385. The van der Waals surface area contributed by atoms with Crippen LogP contribution in [-0.2, 0) is 42.6 Å². The van der Waals surface area contributed by atoms with E-state index in [4.69, 9.17) is 14.2 Å². The van der Waals surface area contributed by atoms with Gasteiger partial charge in [0.1, 0.15) is 17.2 Å². The lowest BCUT2D eigenvalue weighted by molar-refractivity contribution is -0.142. The summed E-state index contributed by atoms with van der Waals surface area (Å²) in [6.07, 6.45) is 3.99. The number of nitrogens with zero attached hydrogens (tertiary/aromatic N) is 5. The second kappa shape index (κ2) is 12.1. The molecule has 0 saturated heterocycles. The van der Waals surface area contributed by atoms with Crippen molar-refractivity contribution < 1.29 is 28.9 Å². The number of Topliss-reactive ketones (excluding diaryl/α,β-unsaturated/α-hetero) is 2. The summed E-state index contributed by atoms with van der Waals surface area (Å²) in [5.41, 5.74) is 1.50. The van der Waals surface area contributed by atoms with E-state index in [9.17, 15) is 29.1 Å². The van der Waals surface area contributed by atoms with Crippen molar-refractivity contribution in [3.05, 3.63) is 108 Å². The smallest absolute Gasteiger partial charge is 0.347 e. The van der Waals surface area contributed by atoms with Crippen LogP contribution >= 0.6 is 0 Å². The van der Waals surface area contributed by atoms with E-state index >= 15 is 0 Å². The number of fused-ring (bicyclic) bond motifs is 6. The predicted molar refractivity (Wildman–Crippen MR) is 192 cm³/mol. The minimum Gasteiger partial charge on any atom is -0.508 e. The normalized spacial score (nSPS) is 23.4. The van der Waals surface area contributed by atoms with Gasteiger partial charge in [0.2, 0.25) is 0 Å². The maximum atomic E-state index is 14.3. The van der Waals surface area contributed by atoms with Crippen LogP contribution in [0.15, 0.2) is 79.3 Å². The Balaban J connectivity index is 1.20. The molecule has 274 valence electrons. The Hall–Kier alpha value is -5.92. The predicted octanol–water partition coefficient (Wildman–Crippen LogP) is 3.15. The van der Waals surface area contributed by atoms with Crippen molar-refractivity contribution in [2.24, 2.45) is 24.3 Å². The summed E-state index contributed by atoms with van der Waals surface area (Å²) < 4.78 is 22.2. The van der Waals surface area contributed by atoms with Crippen molar-refractivity contribution in [1.82, 2.24) is 23.5 Å². The minimum atomic E-state index is -1.18. The Morgan fingerprint density at radius 1 is 1.00 bits per heavy atom. The number of aromatic hydroxyl groups is 1. The van der Waals surface area contributed by atoms with E-state index in [1.54, 1.807) is 51.4 Å². The van der Waals surface area contributed by atoms with Gasteiger partial charge < -0.3 is 23.9 Å². The molecule has 53 heavy (non-hydrogen) atoms. The second-order valence-electron chi connectivity index (χ2n) is 14.5. The van der Waals surface area contributed by atoms with Crippen LogP contribution in [0.3, 0.4) is 0 Å². The molecule has 0 amide bonds. The lowest BCUT2D eigenvalue weighted by Crippen LogP contribution is -2.57. The number of hydrogen-bond acceptors (Lipinski definition) is 10. The van der Waals surface area contributed by atoms with Gasteiger partial charge in [-0.1, -0.05) is 13.0 Å². The highest BCUT2D eigenvalue weighted by molar-refractivity contribution is 6.15. The average Bonchev–Trinajstić information content (AvgIpc) is 3.40. The third kappa shape index (κ3) is 4.84. The van der Waals surface area contributed by atoms with Gasteiger partial charge in [0.05, 0.1) is 49.5 Å². The van der Waals surface area contributed by atoms with Crippen molar-refractivity contribution in [2.45, 2.75) is 59.2 Å². The maximum Gasteiger partial charge on any atom is 0.347 e. The molecule has 8 rings (SSSR count). The molecule has 2 aliphatic carbocycles. The molecule has 0 unspecified atom stereocenters. The molecular formula is C39H39N5O9. The molecule has 2 aromatic carbocycles. The number of aryl methyl sites for hydroxylation is 2. The number of aromatic nitrogens is 5. The SMILES string of the molecule is COc1cc2nc(CCn3c(=O)n4n(c3=O)[C@@H]3C[C@H]5C(=O)C(C)=C(C)C(=O)[C@@]5(C)[C@@H](C5=COc6ccc(O)cc6C5)C3=CC4)c(=O)n(C)c2cc1OC. The molecule has 4 heterocycles. The Labute approximate surface area is 302 Å². The summed E-state index contributed by atoms with van der Waals surface area (Å²) in [5, 5.41) is 10.3. The topological polar surface area (TPSA) is 166 Å². The van der Waals surface area contributed by atoms with Gasteiger partial charge in [0.15, 0.2) is 23.1 Å². The van der Waals surface area contributed by atoms with Gasteiger partial charge in [-0.3, -0.25) is 14.4 Å². The molecule has 0 spiro atoms. The first kappa shape index (κ1) is 34.2. The van der Waals surface area contributed by atoms with Crippen LogP contribution in [0.1, 0.15) is 44.5 Å². The largest absolute Gasteiger partial charge is 0.508 e. The van der Waals surface area contributed by atoms with Crippen LogP contribution < -0.4 is 31.1 Å². The molecule has 2 aromatic heterocycles. The molecule has 0 radical (unpaired) electrons. The average molecular weight is 722 g/mol. The zero-order valence-corrected chi connectivity index (χ0v) is 30.3.